The molecule has 0 saturated heterocycles. The van der Waals surface area contributed by atoms with E-state index in [1.54, 1.807) is 0 Å². The Balaban J connectivity index is 2.88. The van der Waals surface area contributed by atoms with Crippen molar-refractivity contribution in [2.75, 3.05) is 7.11 Å². The molecule has 0 spiro atoms. The van der Waals surface area contributed by atoms with E-state index < -0.39 is 29.5 Å². The van der Waals surface area contributed by atoms with Crippen molar-refractivity contribution in [1.82, 2.24) is 4.98 Å². The lowest BCUT2D eigenvalue weighted by Crippen LogP contribution is -2.23. The second-order valence-electron chi connectivity index (χ2n) is 3.89. The van der Waals surface area contributed by atoms with Crippen molar-refractivity contribution in [3.8, 4) is 0 Å². The van der Waals surface area contributed by atoms with Gasteiger partial charge in [0.25, 0.3) is 5.69 Å². The molecule has 0 radical (unpaired) electrons. The van der Waals surface area contributed by atoms with Crippen LogP contribution < -0.4 is 0 Å². The molecule has 1 aromatic heterocycles. The molecule has 0 aliphatic rings. The van der Waals surface area contributed by atoms with Crippen molar-refractivity contribution in [2.45, 2.75) is 25.6 Å². The predicted molar refractivity (Wildman–Crippen MR) is 63.2 cm³/mol. The highest BCUT2D eigenvalue weighted by molar-refractivity contribution is 5.69. The van der Waals surface area contributed by atoms with Crippen LogP contribution in [0.5, 0.6) is 0 Å². The molecule has 2 atom stereocenters. The number of aryl methyl sites for hydroxylation is 1. The lowest BCUT2D eigenvalue weighted by Gasteiger charge is -2.16. The molecule has 1 aromatic rings. The number of nitrogens with zero attached hydrogens (tertiary/aromatic N) is 2. The fourth-order valence-corrected chi connectivity index (χ4v) is 1.49. The van der Waals surface area contributed by atoms with Crippen molar-refractivity contribution in [3.63, 3.8) is 0 Å². The minimum atomic E-state index is -1.42. The molecule has 8 heteroatoms. The van der Waals surface area contributed by atoms with Gasteiger partial charge >= 0.3 is 5.97 Å². The van der Waals surface area contributed by atoms with Crippen LogP contribution in [0.25, 0.3) is 0 Å². The van der Waals surface area contributed by atoms with Crippen LogP contribution >= 0.6 is 0 Å². The normalized spacial score (nSPS) is 13.7. The Hall–Kier alpha value is -2.06. The minimum Gasteiger partial charge on any atom is -0.469 e. The van der Waals surface area contributed by atoms with Crippen LogP contribution in [0, 0.1) is 17.0 Å². The third kappa shape index (κ3) is 3.70. The monoisotopic (exact) mass is 270 g/mol. The van der Waals surface area contributed by atoms with Crippen molar-refractivity contribution < 1.29 is 24.7 Å². The highest BCUT2D eigenvalue weighted by Gasteiger charge is 2.24. The van der Waals surface area contributed by atoms with Crippen molar-refractivity contribution in [1.29, 1.82) is 0 Å². The number of rotatable bonds is 5. The molecular formula is C11H14N2O6. The number of carbonyl (C=O) groups excluding carboxylic acids is 1. The van der Waals surface area contributed by atoms with E-state index in [0.717, 1.165) is 7.11 Å². The predicted octanol–water partition coefficient (Wildman–Crippen LogP) is 0.256. The van der Waals surface area contributed by atoms with E-state index in [1.165, 1.54) is 19.1 Å². The summed E-state index contributed by atoms with van der Waals surface area (Å²) in [5.74, 6) is -0.676. The zero-order chi connectivity index (χ0) is 14.6. The lowest BCUT2D eigenvalue weighted by atomic mass is 10.1. The van der Waals surface area contributed by atoms with E-state index in [4.69, 9.17) is 0 Å². The Kier molecular flexibility index (Phi) is 4.90. The Morgan fingerprint density at radius 1 is 1.53 bits per heavy atom. The molecule has 0 fully saturated rings. The summed E-state index contributed by atoms with van der Waals surface area (Å²) in [6, 6.07) is 2.42. The fraction of sp³-hybridized carbons (Fsp3) is 0.455. The fourth-order valence-electron chi connectivity index (χ4n) is 1.49. The number of carbonyl (C=O) groups is 1. The van der Waals surface area contributed by atoms with Gasteiger partial charge in [-0.05, 0) is 13.0 Å². The van der Waals surface area contributed by atoms with E-state index in [-0.39, 0.29) is 17.1 Å². The number of nitro groups is 1. The van der Waals surface area contributed by atoms with Crippen LogP contribution in [-0.4, -0.2) is 39.3 Å². The summed E-state index contributed by atoms with van der Waals surface area (Å²) in [5.41, 5.74) is -0.00951. The van der Waals surface area contributed by atoms with Gasteiger partial charge in [0.05, 0.1) is 30.3 Å². The number of aliphatic hydroxyl groups excluding tert-OH is 2. The first-order chi connectivity index (χ1) is 8.86. The first kappa shape index (κ1) is 15.0. The number of ether oxygens (including phenoxy) is 1. The van der Waals surface area contributed by atoms with Gasteiger partial charge in [-0.25, -0.2) is 4.98 Å². The van der Waals surface area contributed by atoms with Crippen LogP contribution in [0.4, 0.5) is 5.69 Å². The Labute approximate surface area is 108 Å². The van der Waals surface area contributed by atoms with Gasteiger partial charge in [-0.15, -0.1) is 0 Å². The molecule has 2 N–H and O–H groups in total. The van der Waals surface area contributed by atoms with Crippen LogP contribution in [0.1, 0.15) is 23.9 Å². The average Bonchev–Trinajstić information content (AvgIpc) is 2.36. The molecule has 8 nitrogen and oxygen atoms in total. The number of hydrogen-bond acceptors (Lipinski definition) is 7. The Morgan fingerprint density at radius 3 is 2.63 bits per heavy atom. The molecule has 19 heavy (non-hydrogen) atoms. The van der Waals surface area contributed by atoms with Crippen molar-refractivity contribution >= 4 is 11.7 Å². The third-order valence-corrected chi connectivity index (χ3v) is 2.55. The summed E-state index contributed by atoms with van der Waals surface area (Å²) >= 11 is 0. The summed E-state index contributed by atoms with van der Waals surface area (Å²) in [4.78, 5) is 24.8. The smallest absolute Gasteiger partial charge is 0.308 e. The number of methoxy groups -OCH3 is 1. The molecule has 0 saturated carbocycles. The number of esters is 1. The van der Waals surface area contributed by atoms with Crippen molar-refractivity contribution in [2.24, 2.45) is 0 Å². The molecular weight excluding hydrogens is 256 g/mol. The third-order valence-electron chi connectivity index (χ3n) is 2.55. The summed E-state index contributed by atoms with van der Waals surface area (Å²) in [5, 5.41) is 30.0. The van der Waals surface area contributed by atoms with E-state index in [0.29, 0.717) is 0 Å². The molecule has 0 aliphatic heterocycles. The topological polar surface area (TPSA) is 123 Å². The van der Waals surface area contributed by atoms with Gasteiger partial charge < -0.3 is 14.9 Å². The maximum Gasteiger partial charge on any atom is 0.308 e. The van der Waals surface area contributed by atoms with Gasteiger partial charge in [0.2, 0.25) is 0 Å². The summed E-state index contributed by atoms with van der Waals surface area (Å²) in [6.07, 6.45) is -3.20. The second kappa shape index (κ2) is 6.21. The molecule has 0 aromatic carbocycles. The van der Waals surface area contributed by atoms with Gasteiger partial charge in [-0.2, -0.15) is 0 Å². The van der Waals surface area contributed by atoms with Gasteiger partial charge in [-0.3, -0.25) is 14.9 Å². The summed E-state index contributed by atoms with van der Waals surface area (Å²) < 4.78 is 4.36. The number of hydrogen-bond donors (Lipinski definition) is 2. The summed E-state index contributed by atoms with van der Waals surface area (Å²) in [6.45, 7) is 1.42. The second-order valence-corrected chi connectivity index (χ2v) is 3.89. The zero-order valence-electron chi connectivity index (χ0n) is 10.4. The SMILES string of the molecule is COC(=O)CC(O)C(O)c1ccc([N+](=O)[O-])c(C)n1. The average molecular weight is 270 g/mol. The molecule has 1 heterocycles. The first-order valence-corrected chi connectivity index (χ1v) is 5.41. The molecule has 2 unspecified atom stereocenters. The number of aromatic nitrogens is 1. The molecule has 104 valence electrons. The molecule has 0 bridgehead atoms. The standard InChI is InChI=1S/C11H14N2O6/c1-6-8(13(17)18)4-3-7(12-6)11(16)9(14)5-10(15)19-2/h3-4,9,11,14,16H,5H2,1-2H3. The van der Waals surface area contributed by atoms with E-state index in [1.807, 2.05) is 0 Å². The van der Waals surface area contributed by atoms with E-state index in [2.05, 4.69) is 9.72 Å². The Morgan fingerprint density at radius 2 is 2.16 bits per heavy atom. The maximum absolute atomic E-state index is 11.0. The van der Waals surface area contributed by atoms with Crippen molar-refractivity contribution in [3.05, 3.63) is 33.6 Å². The van der Waals surface area contributed by atoms with E-state index in [9.17, 15) is 25.1 Å². The van der Waals surface area contributed by atoms with Gasteiger partial charge in [-0.1, -0.05) is 0 Å². The van der Waals surface area contributed by atoms with Crippen LogP contribution in [-0.2, 0) is 9.53 Å². The highest BCUT2D eigenvalue weighted by atomic mass is 16.6. The van der Waals surface area contributed by atoms with Crippen LogP contribution in [0.2, 0.25) is 0 Å². The van der Waals surface area contributed by atoms with Crippen LogP contribution in [0.15, 0.2) is 12.1 Å². The van der Waals surface area contributed by atoms with Gasteiger partial charge in [0.15, 0.2) is 0 Å². The minimum absolute atomic E-state index is 0.0551. The molecule has 0 aliphatic carbocycles. The summed E-state index contributed by atoms with van der Waals surface area (Å²) in [7, 11) is 1.16. The largest absolute Gasteiger partial charge is 0.469 e. The number of aliphatic hydroxyl groups is 2. The lowest BCUT2D eigenvalue weighted by molar-refractivity contribution is -0.385. The van der Waals surface area contributed by atoms with E-state index >= 15 is 0 Å². The highest BCUT2D eigenvalue weighted by Crippen LogP contribution is 2.22. The van der Waals surface area contributed by atoms with Gasteiger partial charge in [0.1, 0.15) is 11.8 Å². The quantitative estimate of drug-likeness (QED) is 0.446. The Bertz CT molecular complexity index is 490. The number of pyridine rings is 1. The van der Waals surface area contributed by atoms with Gasteiger partial charge in [0, 0.05) is 6.07 Å². The first-order valence-electron chi connectivity index (χ1n) is 5.41. The van der Waals surface area contributed by atoms with Crippen LogP contribution in [0.3, 0.4) is 0 Å². The maximum atomic E-state index is 11.0. The molecule has 0 amide bonds. The molecule has 1 rings (SSSR count). The zero-order valence-corrected chi connectivity index (χ0v) is 10.4.